The smallest absolute Gasteiger partial charge is 0.306 e. The van der Waals surface area contributed by atoms with Crippen LogP contribution in [0.1, 0.15) is 24.8 Å². The molecule has 6 heteroatoms. The zero-order valence-corrected chi connectivity index (χ0v) is 11.3. The summed E-state index contributed by atoms with van der Waals surface area (Å²) in [7, 11) is 0. The van der Waals surface area contributed by atoms with Crippen LogP contribution in [0.25, 0.3) is 0 Å². The molecule has 1 aliphatic carbocycles. The molecular formula is C14H18N2O4. The van der Waals surface area contributed by atoms with E-state index in [1.165, 1.54) is 6.07 Å². The molecular weight excluding hydrogens is 260 g/mol. The Hall–Kier alpha value is -2.11. The van der Waals surface area contributed by atoms with Crippen LogP contribution >= 0.6 is 0 Å². The Kier molecular flexibility index (Phi) is 4.22. The van der Waals surface area contributed by atoms with E-state index in [9.17, 15) is 14.9 Å². The fraction of sp³-hybridized carbons (Fsp3) is 0.500. The predicted molar refractivity (Wildman–Crippen MR) is 74.8 cm³/mol. The number of benzene rings is 1. The summed E-state index contributed by atoms with van der Waals surface area (Å²) < 4.78 is 0. The molecule has 0 amide bonds. The van der Waals surface area contributed by atoms with E-state index in [1.807, 2.05) is 0 Å². The van der Waals surface area contributed by atoms with Gasteiger partial charge in [-0.25, -0.2) is 0 Å². The first-order valence-corrected chi connectivity index (χ1v) is 6.70. The lowest BCUT2D eigenvalue weighted by molar-refractivity contribution is -0.385. The summed E-state index contributed by atoms with van der Waals surface area (Å²) in [5, 5.41) is 23.1. The normalized spacial score (nSPS) is 21.6. The summed E-state index contributed by atoms with van der Waals surface area (Å²) in [6, 6.07) is 4.86. The highest BCUT2D eigenvalue weighted by Gasteiger charge is 2.32. The SMILES string of the molecule is Cc1cc(NCC2CCCC2C(=O)O)ccc1[N+](=O)[O-]. The van der Waals surface area contributed by atoms with E-state index in [2.05, 4.69) is 5.32 Å². The summed E-state index contributed by atoms with van der Waals surface area (Å²) in [5.41, 5.74) is 1.49. The van der Waals surface area contributed by atoms with Crippen molar-refractivity contribution in [1.82, 2.24) is 0 Å². The van der Waals surface area contributed by atoms with E-state index in [0.29, 0.717) is 12.1 Å². The average molecular weight is 278 g/mol. The number of carboxylic acids is 1. The molecule has 1 aromatic rings. The quantitative estimate of drug-likeness (QED) is 0.638. The molecule has 0 aliphatic heterocycles. The van der Waals surface area contributed by atoms with E-state index >= 15 is 0 Å². The zero-order chi connectivity index (χ0) is 14.7. The number of nitro benzene ring substituents is 1. The number of rotatable bonds is 5. The molecule has 2 unspecified atom stereocenters. The number of aliphatic carboxylic acids is 1. The molecule has 0 heterocycles. The van der Waals surface area contributed by atoms with Crippen LogP contribution in [0.3, 0.4) is 0 Å². The number of carboxylic acid groups (broad SMARTS) is 1. The molecule has 6 nitrogen and oxygen atoms in total. The van der Waals surface area contributed by atoms with E-state index in [0.717, 1.165) is 24.9 Å². The molecule has 0 aromatic heterocycles. The van der Waals surface area contributed by atoms with Gasteiger partial charge in [0.2, 0.25) is 0 Å². The molecule has 108 valence electrons. The van der Waals surface area contributed by atoms with E-state index < -0.39 is 10.9 Å². The van der Waals surface area contributed by atoms with Crippen LogP contribution < -0.4 is 5.32 Å². The molecule has 0 spiro atoms. The maximum atomic E-state index is 11.1. The first-order chi connectivity index (χ1) is 9.49. The van der Waals surface area contributed by atoms with Crippen molar-refractivity contribution in [3.8, 4) is 0 Å². The summed E-state index contributed by atoms with van der Waals surface area (Å²) >= 11 is 0. The second kappa shape index (κ2) is 5.90. The Labute approximate surface area is 117 Å². The van der Waals surface area contributed by atoms with Gasteiger partial charge in [0.05, 0.1) is 10.8 Å². The number of nitro groups is 1. The Morgan fingerprint density at radius 3 is 2.85 bits per heavy atom. The van der Waals surface area contributed by atoms with Crippen LogP contribution in [0, 0.1) is 28.9 Å². The number of anilines is 1. The van der Waals surface area contributed by atoms with Crippen LogP contribution in [0.4, 0.5) is 11.4 Å². The highest BCUT2D eigenvalue weighted by atomic mass is 16.6. The topological polar surface area (TPSA) is 92.5 Å². The van der Waals surface area contributed by atoms with Crippen LogP contribution in [-0.4, -0.2) is 22.5 Å². The van der Waals surface area contributed by atoms with Crippen molar-refractivity contribution in [2.24, 2.45) is 11.8 Å². The molecule has 0 radical (unpaired) electrons. The molecule has 0 bridgehead atoms. The van der Waals surface area contributed by atoms with Gasteiger partial charge in [-0.3, -0.25) is 14.9 Å². The third-order valence-electron chi connectivity index (χ3n) is 3.94. The largest absolute Gasteiger partial charge is 0.481 e. The molecule has 1 aromatic carbocycles. The number of carbonyl (C=O) groups is 1. The maximum absolute atomic E-state index is 11.1. The predicted octanol–water partition coefficient (Wildman–Crippen LogP) is 2.82. The van der Waals surface area contributed by atoms with Gasteiger partial charge in [0.1, 0.15) is 0 Å². The summed E-state index contributed by atoms with van der Waals surface area (Å²) in [6.07, 6.45) is 2.60. The Balaban J connectivity index is 1.99. The number of aryl methyl sites for hydroxylation is 1. The van der Waals surface area contributed by atoms with Crippen molar-refractivity contribution in [3.63, 3.8) is 0 Å². The van der Waals surface area contributed by atoms with Gasteiger partial charge < -0.3 is 10.4 Å². The minimum atomic E-state index is -0.728. The Bertz CT molecular complexity index is 530. The first-order valence-electron chi connectivity index (χ1n) is 6.70. The lowest BCUT2D eigenvalue weighted by Crippen LogP contribution is -2.24. The number of nitrogens with zero attached hydrogens (tertiary/aromatic N) is 1. The molecule has 20 heavy (non-hydrogen) atoms. The second-order valence-corrected chi connectivity index (χ2v) is 5.27. The fourth-order valence-electron chi connectivity index (χ4n) is 2.83. The van der Waals surface area contributed by atoms with Crippen molar-refractivity contribution in [1.29, 1.82) is 0 Å². The Morgan fingerprint density at radius 2 is 2.25 bits per heavy atom. The number of nitrogens with one attached hydrogen (secondary N) is 1. The van der Waals surface area contributed by atoms with Gasteiger partial charge in [-0.1, -0.05) is 6.42 Å². The fourth-order valence-corrected chi connectivity index (χ4v) is 2.83. The van der Waals surface area contributed by atoms with Crippen LogP contribution in [0.2, 0.25) is 0 Å². The molecule has 0 saturated heterocycles. The second-order valence-electron chi connectivity index (χ2n) is 5.27. The standard InChI is InChI=1S/C14H18N2O4/c1-9-7-11(5-6-13(9)16(19)20)15-8-10-3-2-4-12(10)14(17)18/h5-7,10,12,15H,2-4,8H2,1H3,(H,17,18). The van der Waals surface area contributed by atoms with Gasteiger partial charge in [-0.05, 0) is 37.8 Å². The minimum absolute atomic E-state index is 0.0971. The monoisotopic (exact) mass is 278 g/mol. The van der Waals surface area contributed by atoms with Crippen molar-refractivity contribution in [2.75, 3.05) is 11.9 Å². The highest BCUT2D eigenvalue weighted by molar-refractivity contribution is 5.70. The summed E-state index contributed by atoms with van der Waals surface area (Å²) in [6.45, 7) is 2.28. The van der Waals surface area contributed by atoms with E-state index in [4.69, 9.17) is 5.11 Å². The summed E-state index contributed by atoms with van der Waals surface area (Å²) in [5.74, 6) is -0.876. The zero-order valence-electron chi connectivity index (χ0n) is 11.3. The number of hydrogen-bond acceptors (Lipinski definition) is 4. The first kappa shape index (κ1) is 14.3. The maximum Gasteiger partial charge on any atom is 0.306 e. The average Bonchev–Trinajstić information content (AvgIpc) is 2.84. The van der Waals surface area contributed by atoms with Gasteiger partial charge in [0, 0.05) is 23.9 Å². The van der Waals surface area contributed by atoms with Crippen molar-refractivity contribution in [2.45, 2.75) is 26.2 Å². The van der Waals surface area contributed by atoms with Crippen molar-refractivity contribution in [3.05, 3.63) is 33.9 Å². The van der Waals surface area contributed by atoms with Crippen LogP contribution in [-0.2, 0) is 4.79 Å². The summed E-state index contributed by atoms with van der Waals surface area (Å²) in [4.78, 5) is 21.4. The van der Waals surface area contributed by atoms with Crippen molar-refractivity contribution < 1.29 is 14.8 Å². The van der Waals surface area contributed by atoms with Gasteiger partial charge in [-0.15, -0.1) is 0 Å². The van der Waals surface area contributed by atoms with Gasteiger partial charge >= 0.3 is 5.97 Å². The molecule has 2 N–H and O–H groups in total. The van der Waals surface area contributed by atoms with Crippen LogP contribution in [0.5, 0.6) is 0 Å². The highest BCUT2D eigenvalue weighted by Crippen LogP contribution is 2.32. The van der Waals surface area contributed by atoms with E-state index in [1.54, 1.807) is 19.1 Å². The van der Waals surface area contributed by atoms with E-state index in [-0.39, 0.29) is 17.5 Å². The van der Waals surface area contributed by atoms with Crippen LogP contribution in [0.15, 0.2) is 18.2 Å². The Morgan fingerprint density at radius 1 is 1.50 bits per heavy atom. The molecule has 2 atom stereocenters. The minimum Gasteiger partial charge on any atom is -0.481 e. The lowest BCUT2D eigenvalue weighted by atomic mass is 9.96. The van der Waals surface area contributed by atoms with Gasteiger partial charge in [0.25, 0.3) is 5.69 Å². The third kappa shape index (κ3) is 3.07. The number of hydrogen-bond donors (Lipinski definition) is 2. The van der Waals surface area contributed by atoms with Gasteiger partial charge in [0.15, 0.2) is 0 Å². The molecule has 1 fully saturated rings. The molecule has 1 aliphatic rings. The van der Waals surface area contributed by atoms with Crippen molar-refractivity contribution >= 4 is 17.3 Å². The van der Waals surface area contributed by atoms with Gasteiger partial charge in [-0.2, -0.15) is 0 Å². The third-order valence-corrected chi connectivity index (χ3v) is 3.94. The lowest BCUT2D eigenvalue weighted by Gasteiger charge is -2.17. The molecule has 2 rings (SSSR count). The molecule has 1 saturated carbocycles.